The van der Waals surface area contributed by atoms with Gasteiger partial charge in [-0.3, -0.25) is 4.79 Å². The molecule has 150 valence electrons. The zero-order chi connectivity index (χ0) is 19.7. The van der Waals surface area contributed by atoms with Crippen LogP contribution in [0.1, 0.15) is 19.0 Å². The van der Waals surface area contributed by atoms with Crippen molar-refractivity contribution >= 4 is 17.5 Å². The third-order valence-corrected chi connectivity index (χ3v) is 4.83. The normalized spacial score (nSPS) is 32.4. The molecule has 1 amide bonds. The number of amides is 1. The van der Waals surface area contributed by atoms with Crippen LogP contribution in [0.2, 0.25) is 5.02 Å². The maximum Gasteiger partial charge on any atom is 0.223 e. The lowest BCUT2D eigenvalue weighted by molar-refractivity contribution is -0.336. The maximum atomic E-state index is 11.7. The molecular formula is C19H20ClNO7. The zero-order valence-electron chi connectivity index (χ0n) is 15.0. The fourth-order valence-electron chi connectivity index (χ4n) is 3.30. The van der Waals surface area contributed by atoms with Crippen LogP contribution in [-0.4, -0.2) is 48.3 Å². The molecule has 2 aliphatic rings. The van der Waals surface area contributed by atoms with E-state index in [2.05, 4.69) is 5.32 Å². The quantitative estimate of drug-likeness (QED) is 0.796. The van der Waals surface area contributed by atoms with Gasteiger partial charge in [0.25, 0.3) is 0 Å². The molecule has 0 spiro atoms. The van der Waals surface area contributed by atoms with E-state index in [4.69, 9.17) is 35.0 Å². The highest BCUT2D eigenvalue weighted by Gasteiger charge is 2.51. The summed E-state index contributed by atoms with van der Waals surface area (Å²) >= 11 is 5.90. The van der Waals surface area contributed by atoms with E-state index >= 15 is 0 Å². The van der Waals surface area contributed by atoms with Crippen molar-refractivity contribution in [1.29, 1.82) is 0 Å². The molecule has 9 heteroatoms. The van der Waals surface area contributed by atoms with Gasteiger partial charge in [0.2, 0.25) is 18.5 Å². The monoisotopic (exact) mass is 409 g/mol. The first-order chi connectivity index (χ1) is 13.5. The Bertz CT molecular complexity index is 797. The molecule has 8 nitrogen and oxygen atoms in total. The molecule has 0 radical (unpaired) electrons. The molecule has 4 rings (SSSR count). The van der Waals surface area contributed by atoms with Crippen molar-refractivity contribution in [2.75, 3.05) is 6.61 Å². The van der Waals surface area contributed by atoms with Crippen molar-refractivity contribution < 1.29 is 33.3 Å². The van der Waals surface area contributed by atoms with Crippen molar-refractivity contribution in [3.63, 3.8) is 0 Å². The molecule has 1 unspecified atom stereocenters. The van der Waals surface area contributed by atoms with Gasteiger partial charge in [-0.2, -0.15) is 0 Å². The fraction of sp³-hybridized carbons (Fsp3) is 0.421. The largest absolute Gasteiger partial charge is 0.464 e. The van der Waals surface area contributed by atoms with E-state index in [1.807, 2.05) is 0 Å². The topological polar surface area (TPSA) is 99.4 Å². The third kappa shape index (κ3) is 4.01. The summed E-state index contributed by atoms with van der Waals surface area (Å²) < 4.78 is 28.6. The Morgan fingerprint density at radius 1 is 1.25 bits per heavy atom. The van der Waals surface area contributed by atoms with Gasteiger partial charge in [-0.1, -0.05) is 11.6 Å². The van der Waals surface area contributed by atoms with E-state index in [0.717, 1.165) is 0 Å². The van der Waals surface area contributed by atoms with Gasteiger partial charge in [0.05, 0.1) is 12.9 Å². The van der Waals surface area contributed by atoms with Gasteiger partial charge < -0.3 is 33.8 Å². The van der Waals surface area contributed by atoms with Gasteiger partial charge in [-0.15, -0.1) is 0 Å². The Hall–Kier alpha value is -2.10. The van der Waals surface area contributed by atoms with Crippen LogP contribution in [0, 0.1) is 0 Å². The number of rotatable bonds is 4. The van der Waals surface area contributed by atoms with E-state index in [-0.39, 0.29) is 12.5 Å². The molecule has 0 bridgehead atoms. The molecule has 6 atom stereocenters. The van der Waals surface area contributed by atoms with E-state index in [1.165, 1.54) is 13.2 Å². The van der Waals surface area contributed by atoms with Crippen LogP contribution in [-0.2, 0) is 19.0 Å². The summed E-state index contributed by atoms with van der Waals surface area (Å²) in [7, 11) is 0. The summed E-state index contributed by atoms with van der Waals surface area (Å²) in [5.41, 5.74) is 0. The highest BCUT2D eigenvalue weighted by Crippen LogP contribution is 2.35. The van der Waals surface area contributed by atoms with Gasteiger partial charge >= 0.3 is 0 Å². The summed E-state index contributed by atoms with van der Waals surface area (Å²) in [6, 6.07) is 9.30. The van der Waals surface area contributed by atoms with E-state index in [1.54, 1.807) is 36.4 Å². The third-order valence-electron chi connectivity index (χ3n) is 4.58. The predicted octanol–water partition coefficient (Wildman–Crippen LogP) is 2.02. The SMILES string of the molecule is CC(=O)N[C@H]1[C@H](Oc2ccc(Cl)cc2)O[C@@H]2COC(c3ccco3)O[C@H]2[C@@H]1O. The molecule has 0 saturated carbocycles. The number of hydrogen-bond donors (Lipinski definition) is 2. The van der Waals surface area contributed by atoms with E-state index in [9.17, 15) is 9.90 Å². The molecule has 0 aliphatic carbocycles. The fourth-order valence-corrected chi connectivity index (χ4v) is 3.42. The number of fused-ring (bicyclic) bond motifs is 1. The second-order valence-electron chi connectivity index (χ2n) is 6.61. The minimum absolute atomic E-state index is 0.167. The van der Waals surface area contributed by atoms with Gasteiger partial charge in [0.15, 0.2) is 5.76 Å². The number of hydrogen-bond acceptors (Lipinski definition) is 7. The molecule has 2 aromatic rings. The van der Waals surface area contributed by atoms with Crippen LogP contribution < -0.4 is 10.1 Å². The van der Waals surface area contributed by atoms with Crippen molar-refractivity contribution in [3.8, 4) is 5.75 Å². The van der Waals surface area contributed by atoms with Gasteiger partial charge in [-0.05, 0) is 36.4 Å². The lowest BCUT2D eigenvalue weighted by Gasteiger charge is -2.47. The molecule has 1 aromatic heterocycles. The van der Waals surface area contributed by atoms with Crippen LogP contribution in [0.25, 0.3) is 0 Å². The highest BCUT2D eigenvalue weighted by atomic mass is 35.5. The number of nitrogens with one attached hydrogen (secondary N) is 1. The van der Waals surface area contributed by atoms with Gasteiger partial charge in [0, 0.05) is 11.9 Å². The first-order valence-corrected chi connectivity index (χ1v) is 9.22. The first-order valence-electron chi connectivity index (χ1n) is 8.84. The number of carbonyl (C=O) groups excluding carboxylic acids is 1. The molecule has 2 fully saturated rings. The van der Waals surface area contributed by atoms with Crippen LogP contribution in [0.5, 0.6) is 5.75 Å². The summed E-state index contributed by atoms with van der Waals surface area (Å²) in [6.07, 6.45) is -2.58. The van der Waals surface area contributed by atoms with Crippen molar-refractivity contribution in [1.82, 2.24) is 5.32 Å². The Morgan fingerprint density at radius 2 is 2.04 bits per heavy atom. The predicted molar refractivity (Wildman–Crippen MR) is 96.6 cm³/mol. The number of ether oxygens (including phenoxy) is 4. The second-order valence-corrected chi connectivity index (χ2v) is 7.05. The number of aliphatic hydroxyl groups is 1. The zero-order valence-corrected chi connectivity index (χ0v) is 15.7. The van der Waals surface area contributed by atoms with Crippen LogP contribution >= 0.6 is 11.6 Å². The second kappa shape index (κ2) is 8.10. The first kappa shape index (κ1) is 19.2. The summed E-state index contributed by atoms with van der Waals surface area (Å²) in [6.45, 7) is 1.52. The van der Waals surface area contributed by atoms with Crippen molar-refractivity contribution in [3.05, 3.63) is 53.4 Å². The Labute approximate surface area is 166 Å². The standard InChI is InChI=1S/C19H20ClNO7/c1-10(22)21-15-16(23)17-14(9-25-18(28-17)13-3-2-8-24-13)27-19(15)26-12-6-4-11(20)5-7-12/h2-8,14-19,23H,9H2,1H3,(H,21,22)/t14-,15-,16-,17-,18?,19-/m1/s1. The average molecular weight is 410 g/mol. The van der Waals surface area contributed by atoms with Crippen LogP contribution in [0.15, 0.2) is 47.1 Å². The van der Waals surface area contributed by atoms with Crippen molar-refractivity contribution in [2.24, 2.45) is 0 Å². The number of furan rings is 1. The summed E-state index contributed by atoms with van der Waals surface area (Å²) in [4.78, 5) is 11.7. The lowest BCUT2D eigenvalue weighted by Crippen LogP contribution is -2.67. The Kier molecular flexibility index (Phi) is 5.56. The van der Waals surface area contributed by atoms with Crippen LogP contribution in [0.4, 0.5) is 0 Å². The average Bonchev–Trinajstić information content (AvgIpc) is 3.21. The summed E-state index contributed by atoms with van der Waals surface area (Å²) in [5.74, 6) is 0.647. The number of carbonyl (C=O) groups is 1. The molecule has 3 heterocycles. The number of halogens is 1. The number of aliphatic hydroxyl groups excluding tert-OH is 1. The summed E-state index contributed by atoms with van der Waals surface area (Å²) in [5, 5.41) is 14.2. The van der Waals surface area contributed by atoms with E-state index in [0.29, 0.717) is 16.5 Å². The Morgan fingerprint density at radius 3 is 2.71 bits per heavy atom. The molecule has 2 N–H and O–H groups in total. The number of benzene rings is 1. The Balaban J connectivity index is 1.53. The molecule has 28 heavy (non-hydrogen) atoms. The smallest absolute Gasteiger partial charge is 0.223 e. The highest BCUT2D eigenvalue weighted by molar-refractivity contribution is 6.30. The minimum atomic E-state index is -1.08. The van der Waals surface area contributed by atoms with E-state index < -0.39 is 36.9 Å². The van der Waals surface area contributed by atoms with Crippen molar-refractivity contribution in [2.45, 2.75) is 43.9 Å². The maximum absolute atomic E-state index is 11.7. The van der Waals surface area contributed by atoms with Gasteiger partial charge in [-0.25, -0.2) is 0 Å². The lowest BCUT2D eigenvalue weighted by atomic mass is 9.96. The molecule has 1 aromatic carbocycles. The molecular weight excluding hydrogens is 390 g/mol. The van der Waals surface area contributed by atoms with Gasteiger partial charge in [0.1, 0.15) is 30.1 Å². The molecule has 2 saturated heterocycles. The molecule has 2 aliphatic heterocycles. The minimum Gasteiger partial charge on any atom is -0.464 e. The van der Waals surface area contributed by atoms with Crippen LogP contribution in [0.3, 0.4) is 0 Å².